The summed E-state index contributed by atoms with van der Waals surface area (Å²) in [5.41, 5.74) is 3.40. The van der Waals surface area contributed by atoms with Crippen molar-refractivity contribution in [3.63, 3.8) is 0 Å². The van der Waals surface area contributed by atoms with Crippen molar-refractivity contribution in [2.24, 2.45) is 5.10 Å². The zero-order valence-electron chi connectivity index (χ0n) is 15.9. The van der Waals surface area contributed by atoms with Crippen LogP contribution >= 0.6 is 0 Å². The van der Waals surface area contributed by atoms with Crippen LogP contribution in [0, 0.1) is 15.9 Å². The highest BCUT2D eigenvalue weighted by Crippen LogP contribution is 2.37. The topological polar surface area (TPSA) is 163 Å². The molecule has 5 rings (SSSR count). The van der Waals surface area contributed by atoms with Crippen LogP contribution in [-0.4, -0.2) is 38.2 Å². The van der Waals surface area contributed by atoms with E-state index in [-0.39, 0.29) is 46.7 Å². The maximum atomic E-state index is 13.2. The number of rotatable bonds is 6. The average molecular weight is 438 g/mol. The normalized spacial score (nSPS) is 12.4. The first-order chi connectivity index (χ1) is 15.6. The Morgan fingerprint density at radius 3 is 2.47 bits per heavy atom. The molecule has 0 aliphatic carbocycles. The molecule has 0 saturated carbocycles. The predicted molar refractivity (Wildman–Crippen MR) is 108 cm³/mol. The summed E-state index contributed by atoms with van der Waals surface area (Å²) >= 11 is 0. The van der Waals surface area contributed by atoms with Gasteiger partial charge in [-0.25, -0.2) is 14.0 Å². The molecule has 0 unspecified atom stereocenters. The van der Waals surface area contributed by atoms with Gasteiger partial charge in [0.05, 0.1) is 22.8 Å². The molecule has 1 aliphatic heterocycles. The molecule has 0 atom stereocenters. The molecular formula is C18H11FN8O5. The van der Waals surface area contributed by atoms with E-state index in [1.165, 1.54) is 42.6 Å². The highest BCUT2D eigenvalue weighted by atomic mass is 19.1. The Balaban J connectivity index is 1.45. The summed E-state index contributed by atoms with van der Waals surface area (Å²) in [6.07, 6.45) is 1.23. The maximum absolute atomic E-state index is 13.2. The lowest BCUT2D eigenvalue weighted by Crippen LogP contribution is -2.03. The summed E-state index contributed by atoms with van der Waals surface area (Å²) in [5, 5.41) is 25.7. The molecule has 2 aromatic heterocycles. The first kappa shape index (κ1) is 19.1. The van der Waals surface area contributed by atoms with Crippen LogP contribution < -0.4 is 20.2 Å². The molecule has 0 saturated heterocycles. The molecule has 32 heavy (non-hydrogen) atoms. The highest BCUT2D eigenvalue weighted by Gasteiger charge is 2.22. The minimum absolute atomic E-state index is 0.0227. The third kappa shape index (κ3) is 3.67. The molecule has 0 bridgehead atoms. The molecule has 14 heteroatoms. The molecule has 2 N–H and O–H groups in total. The van der Waals surface area contributed by atoms with Crippen molar-refractivity contribution in [3.05, 3.63) is 57.9 Å². The van der Waals surface area contributed by atoms with Gasteiger partial charge in [-0.15, -0.1) is 0 Å². The number of hydrogen-bond donors (Lipinski definition) is 2. The van der Waals surface area contributed by atoms with Gasteiger partial charge in [0, 0.05) is 5.69 Å². The van der Waals surface area contributed by atoms with Crippen LogP contribution in [0.5, 0.6) is 11.5 Å². The number of nitro groups is 1. The predicted octanol–water partition coefficient (Wildman–Crippen LogP) is 2.98. The van der Waals surface area contributed by atoms with Crippen LogP contribution in [0.4, 0.5) is 27.4 Å². The quantitative estimate of drug-likeness (QED) is 0.258. The fourth-order valence-electron chi connectivity index (χ4n) is 2.84. The number of anilines is 3. The Kier molecular flexibility index (Phi) is 4.63. The van der Waals surface area contributed by atoms with Crippen LogP contribution in [0.2, 0.25) is 0 Å². The van der Waals surface area contributed by atoms with Gasteiger partial charge in [0.25, 0.3) is 5.69 Å². The number of nitrogens with zero attached hydrogens (tertiary/aromatic N) is 6. The van der Waals surface area contributed by atoms with Gasteiger partial charge in [0.15, 0.2) is 23.1 Å². The molecule has 13 nitrogen and oxygen atoms in total. The number of ether oxygens (including phenoxy) is 2. The number of hydrazone groups is 1. The lowest BCUT2D eigenvalue weighted by molar-refractivity contribution is -0.385. The molecule has 4 aromatic rings. The number of nitro benzene ring substituents is 1. The first-order valence-corrected chi connectivity index (χ1v) is 8.97. The van der Waals surface area contributed by atoms with Crippen LogP contribution in [-0.2, 0) is 0 Å². The van der Waals surface area contributed by atoms with Gasteiger partial charge in [0.1, 0.15) is 5.82 Å². The average Bonchev–Trinajstić information content (AvgIpc) is 3.43. The van der Waals surface area contributed by atoms with E-state index in [2.05, 4.69) is 40.8 Å². The third-order valence-electron chi connectivity index (χ3n) is 4.31. The van der Waals surface area contributed by atoms with Gasteiger partial charge in [-0.05, 0) is 40.6 Å². The highest BCUT2D eigenvalue weighted by molar-refractivity contribution is 5.88. The van der Waals surface area contributed by atoms with Gasteiger partial charge >= 0.3 is 0 Å². The second-order valence-corrected chi connectivity index (χ2v) is 6.36. The molecule has 3 heterocycles. The summed E-state index contributed by atoms with van der Waals surface area (Å²) in [6, 6.07) is 8.26. The molecule has 0 fully saturated rings. The monoisotopic (exact) mass is 438 g/mol. The van der Waals surface area contributed by atoms with Crippen molar-refractivity contribution in [3.8, 4) is 11.5 Å². The van der Waals surface area contributed by atoms with E-state index < -0.39 is 10.7 Å². The van der Waals surface area contributed by atoms with E-state index in [9.17, 15) is 14.5 Å². The SMILES string of the molecule is O=[N+]([O-])c1cc2c(cc1/C=N/Nc1nc3nonc3nc1Nc1ccc(F)cc1)OCO2. The number of fused-ring (bicyclic) bond motifs is 2. The van der Waals surface area contributed by atoms with Gasteiger partial charge in [-0.2, -0.15) is 10.1 Å². The minimum Gasteiger partial charge on any atom is -0.454 e. The molecule has 1 aliphatic rings. The van der Waals surface area contributed by atoms with E-state index in [0.717, 1.165) is 0 Å². The van der Waals surface area contributed by atoms with Gasteiger partial charge in [-0.1, -0.05) is 0 Å². The molecule has 0 amide bonds. The molecular weight excluding hydrogens is 427 g/mol. The van der Waals surface area contributed by atoms with Crippen LogP contribution in [0.3, 0.4) is 0 Å². The van der Waals surface area contributed by atoms with Crippen molar-refractivity contribution < 1.29 is 23.4 Å². The van der Waals surface area contributed by atoms with Crippen LogP contribution in [0.15, 0.2) is 46.1 Å². The Bertz CT molecular complexity index is 1360. The fourth-order valence-corrected chi connectivity index (χ4v) is 2.84. The number of benzene rings is 2. The standard InChI is InChI=1S/C18H11FN8O5/c19-10-1-3-11(4-2-10)21-15-16(23-18-17(22-15)25-32-26-18)24-20-7-9-5-13-14(31-8-30-13)6-12(9)27(28)29/h1-7H,8H2,(H,21,22,25)(H,23,24,26)/b20-7+. The van der Waals surface area contributed by atoms with Crippen molar-refractivity contribution in [1.82, 2.24) is 20.3 Å². The number of hydrogen-bond acceptors (Lipinski definition) is 12. The Labute approximate surface area is 177 Å². The summed E-state index contributed by atoms with van der Waals surface area (Å²) in [4.78, 5) is 19.3. The van der Waals surface area contributed by atoms with Crippen molar-refractivity contribution >= 4 is 40.5 Å². The zero-order valence-corrected chi connectivity index (χ0v) is 15.9. The lowest BCUT2D eigenvalue weighted by Gasteiger charge is -2.09. The van der Waals surface area contributed by atoms with Crippen molar-refractivity contribution in [1.29, 1.82) is 0 Å². The molecule has 0 spiro atoms. The van der Waals surface area contributed by atoms with Crippen molar-refractivity contribution in [2.45, 2.75) is 0 Å². The minimum atomic E-state index is -0.558. The summed E-state index contributed by atoms with van der Waals surface area (Å²) in [6.45, 7) is -0.0227. The Hall–Kier alpha value is -4.88. The largest absolute Gasteiger partial charge is 0.454 e. The van der Waals surface area contributed by atoms with Crippen molar-refractivity contribution in [2.75, 3.05) is 17.5 Å². The lowest BCUT2D eigenvalue weighted by atomic mass is 10.1. The molecule has 2 aromatic carbocycles. The van der Waals surface area contributed by atoms with Crippen LogP contribution in [0.1, 0.15) is 5.56 Å². The number of halogens is 1. The zero-order chi connectivity index (χ0) is 22.1. The molecule has 0 radical (unpaired) electrons. The Morgan fingerprint density at radius 1 is 1.06 bits per heavy atom. The van der Waals surface area contributed by atoms with E-state index in [1.807, 2.05) is 0 Å². The van der Waals surface area contributed by atoms with Gasteiger partial charge < -0.3 is 14.8 Å². The summed E-state index contributed by atoms with van der Waals surface area (Å²) in [7, 11) is 0. The first-order valence-electron chi connectivity index (χ1n) is 8.97. The fraction of sp³-hybridized carbons (Fsp3) is 0.0556. The summed E-state index contributed by atoms with van der Waals surface area (Å²) < 4.78 is 28.3. The second kappa shape index (κ2) is 7.75. The third-order valence-corrected chi connectivity index (χ3v) is 4.31. The van der Waals surface area contributed by atoms with Gasteiger partial charge in [0.2, 0.25) is 18.1 Å². The Morgan fingerprint density at radius 2 is 1.75 bits per heavy atom. The van der Waals surface area contributed by atoms with E-state index in [0.29, 0.717) is 11.4 Å². The van der Waals surface area contributed by atoms with E-state index in [4.69, 9.17) is 9.47 Å². The number of nitrogens with one attached hydrogen (secondary N) is 2. The van der Waals surface area contributed by atoms with E-state index >= 15 is 0 Å². The summed E-state index contributed by atoms with van der Waals surface area (Å²) in [5.74, 6) is 0.563. The second-order valence-electron chi connectivity index (χ2n) is 6.36. The number of aromatic nitrogens is 4. The van der Waals surface area contributed by atoms with E-state index in [1.54, 1.807) is 0 Å². The maximum Gasteiger partial charge on any atom is 0.282 e. The van der Waals surface area contributed by atoms with Crippen LogP contribution in [0.25, 0.3) is 11.3 Å². The van der Waals surface area contributed by atoms with Gasteiger partial charge in [-0.3, -0.25) is 15.5 Å². The molecule has 160 valence electrons. The smallest absolute Gasteiger partial charge is 0.282 e.